The summed E-state index contributed by atoms with van der Waals surface area (Å²) in [7, 11) is 5.59. The molecule has 1 aromatic rings. The quantitative estimate of drug-likeness (QED) is 0.433. The summed E-state index contributed by atoms with van der Waals surface area (Å²) in [6.07, 6.45) is 1.82. The molecule has 0 aliphatic rings. The number of rotatable bonds is 4. The Morgan fingerprint density at radius 1 is 1.55 bits per heavy atom. The van der Waals surface area contributed by atoms with Gasteiger partial charge in [0.15, 0.2) is 0 Å². The number of nitrogens with two attached hydrogens (primary N) is 1. The third-order valence-corrected chi connectivity index (χ3v) is 3.29. The van der Waals surface area contributed by atoms with Gasteiger partial charge in [-0.1, -0.05) is 6.07 Å². The predicted molar refractivity (Wildman–Crippen MR) is 50.4 cm³/mol. The van der Waals surface area contributed by atoms with E-state index in [1.165, 1.54) is 0 Å². The van der Waals surface area contributed by atoms with Crippen LogP contribution in [0.5, 0.6) is 0 Å². The van der Waals surface area contributed by atoms with Crippen LogP contribution in [0.3, 0.4) is 0 Å². The first-order valence-electron chi connectivity index (χ1n) is 3.42. The van der Waals surface area contributed by atoms with Crippen molar-refractivity contribution in [1.82, 2.24) is 4.98 Å². The van der Waals surface area contributed by atoms with Crippen LogP contribution in [0.25, 0.3) is 0 Å². The zero-order valence-corrected chi connectivity index (χ0v) is 7.99. The molecular weight excluding hydrogens is 176 g/mol. The molecule has 0 radical (unpaired) electrons. The van der Waals surface area contributed by atoms with E-state index in [2.05, 4.69) is 17.3 Å². The Balaban J connectivity index is 2.28. The van der Waals surface area contributed by atoms with E-state index in [1.54, 1.807) is 21.6 Å². The van der Waals surface area contributed by atoms with Gasteiger partial charge in [0, 0.05) is 6.20 Å². The van der Waals surface area contributed by atoms with Gasteiger partial charge in [-0.05, 0) is 33.7 Å². The molecule has 0 aliphatic heterocycles. The summed E-state index contributed by atoms with van der Waals surface area (Å²) in [6, 6.07) is 5.96. The van der Waals surface area contributed by atoms with E-state index < -0.39 is 0 Å². The summed E-state index contributed by atoms with van der Waals surface area (Å²) >= 11 is 0. The molecule has 1 heterocycles. The molecule has 0 bridgehead atoms. The number of hydrogen-bond donors (Lipinski definition) is 1. The third kappa shape index (κ3) is 3.65. The van der Waals surface area contributed by atoms with Crippen LogP contribution in [-0.4, -0.2) is 17.9 Å². The lowest BCUT2D eigenvalue weighted by atomic mass is 10.5. The third-order valence-electron chi connectivity index (χ3n) is 1.02. The van der Waals surface area contributed by atoms with Crippen LogP contribution in [0.2, 0.25) is 0 Å². The van der Waals surface area contributed by atoms with E-state index in [9.17, 15) is 0 Å². The maximum absolute atomic E-state index is 4.18. The van der Waals surface area contributed by atoms with Crippen LogP contribution in [0.15, 0.2) is 29.4 Å². The number of aromatic nitrogens is 1. The van der Waals surface area contributed by atoms with Gasteiger partial charge < -0.3 is 5.32 Å². The van der Waals surface area contributed by atoms with Crippen molar-refractivity contribution in [3.8, 4) is 0 Å². The second-order valence-corrected chi connectivity index (χ2v) is 4.31. The van der Waals surface area contributed by atoms with Gasteiger partial charge in [0.05, 0.1) is 7.05 Å². The molecule has 0 fully saturated rings. The number of hydrogen-bond acceptors (Lipinski definition) is 3. The molecular formula is C7H11N2S2+. The molecule has 0 unspecified atom stereocenters. The smallest absolute Gasteiger partial charge is 0.132 e. The minimum atomic E-state index is 1.07. The second-order valence-electron chi connectivity index (χ2n) is 1.94. The molecule has 60 valence electrons. The first-order valence-corrected chi connectivity index (χ1v) is 5.73. The Morgan fingerprint density at radius 2 is 2.45 bits per heavy atom. The van der Waals surface area contributed by atoms with Crippen molar-refractivity contribution in [2.75, 3.05) is 12.9 Å². The van der Waals surface area contributed by atoms with Crippen LogP contribution in [0, 0.1) is 0 Å². The fourth-order valence-electron chi connectivity index (χ4n) is 0.559. The number of pyridine rings is 1. The predicted octanol–water partition coefficient (Wildman–Crippen LogP) is 0.973. The molecule has 0 spiro atoms. The molecule has 0 aromatic carbocycles. The Kier molecular flexibility index (Phi) is 4.42. The molecule has 2 nitrogen and oxygen atoms in total. The van der Waals surface area contributed by atoms with Crippen LogP contribution in [0.4, 0.5) is 0 Å². The van der Waals surface area contributed by atoms with Gasteiger partial charge in [-0.25, -0.2) is 4.98 Å². The Morgan fingerprint density at radius 3 is 3.09 bits per heavy atom. The molecule has 11 heavy (non-hydrogen) atoms. The van der Waals surface area contributed by atoms with Crippen molar-refractivity contribution in [3.05, 3.63) is 24.4 Å². The fourth-order valence-corrected chi connectivity index (χ4v) is 2.39. The lowest BCUT2D eigenvalue weighted by molar-refractivity contribution is -0.606. The molecule has 4 heteroatoms. The summed E-state index contributed by atoms with van der Waals surface area (Å²) in [5.74, 6) is 1.07. The minimum Gasteiger partial charge on any atom is -0.340 e. The molecule has 0 aliphatic carbocycles. The highest BCUT2D eigenvalue weighted by molar-refractivity contribution is 8.76. The zero-order valence-electron chi connectivity index (χ0n) is 6.36. The molecule has 2 N–H and O–H groups in total. The molecule has 0 amide bonds. The molecule has 0 saturated heterocycles. The maximum Gasteiger partial charge on any atom is 0.132 e. The van der Waals surface area contributed by atoms with Gasteiger partial charge >= 0.3 is 0 Å². The number of quaternary nitrogens is 1. The van der Waals surface area contributed by atoms with Crippen LogP contribution in [0.1, 0.15) is 0 Å². The Hall–Kier alpha value is -0.190. The van der Waals surface area contributed by atoms with Crippen molar-refractivity contribution in [2.24, 2.45) is 0 Å². The van der Waals surface area contributed by atoms with Gasteiger partial charge in [0.1, 0.15) is 10.9 Å². The summed E-state index contributed by atoms with van der Waals surface area (Å²) < 4.78 is 0. The van der Waals surface area contributed by atoms with E-state index in [-0.39, 0.29) is 0 Å². The van der Waals surface area contributed by atoms with Crippen LogP contribution in [-0.2, 0) is 0 Å². The van der Waals surface area contributed by atoms with Crippen molar-refractivity contribution < 1.29 is 5.32 Å². The monoisotopic (exact) mass is 187 g/mol. The highest BCUT2D eigenvalue weighted by Gasteiger charge is 1.93. The van der Waals surface area contributed by atoms with E-state index in [0.717, 1.165) is 10.9 Å². The van der Waals surface area contributed by atoms with E-state index in [1.807, 2.05) is 24.4 Å². The SMILES string of the molecule is C[NH2+]CSSc1ccccn1. The fraction of sp³-hybridized carbons (Fsp3) is 0.286. The van der Waals surface area contributed by atoms with Gasteiger partial charge in [-0.3, -0.25) is 0 Å². The standard InChI is InChI=1S/C7H10N2S2/c1-8-6-10-11-7-4-2-3-5-9-7/h2-5,8H,6H2,1H3/p+1. The topological polar surface area (TPSA) is 29.5 Å². The van der Waals surface area contributed by atoms with Gasteiger partial charge in [-0.2, -0.15) is 0 Å². The first kappa shape index (κ1) is 8.90. The summed E-state index contributed by atoms with van der Waals surface area (Å²) in [5.41, 5.74) is 0. The van der Waals surface area contributed by atoms with Gasteiger partial charge in [-0.15, -0.1) is 0 Å². The minimum absolute atomic E-state index is 1.07. The second kappa shape index (κ2) is 5.46. The van der Waals surface area contributed by atoms with Crippen molar-refractivity contribution in [2.45, 2.75) is 5.03 Å². The largest absolute Gasteiger partial charge is 0.340 e. The number of nitrogens with zero attached hydrogens (tertiary/aromatic N) is 1. The van der Waals surface area contributed by atoms with Crippen molar-refractivity contribution in [1.29, 1.82) is 0 Å². The lowest BCUT2D eigenvalue weighted by Crippen LogP contribution is -2.78. The Labute approximate surface area is 74.6 Å². The van der Waals surface area contributed by atoms with E-state index in [4.69, 9.17) is 0 Å². The molecule has 1 aromatic heterocycles. The highest BCUT2D eigenvalue weighted by atomic mass is 33.1. The molecule has 1 rings (SSSR count). The lowest BCUT2D eigenvalue weighted by Gasteiger charge is -1.95. The zero-order chi connectivity index (χ0) is 7.94. The van der Waals surface area contributed by atoms with E-state index >= 15 is 0 Å². The Bertz CT molecular complexity index is 191. The van der Waals surface area contributed by atoms with Gasteiger partial charge in [0.2, 0.25) is 0 Å². The van der Waals surface area contributed by atoms with Crippen LogP contribution >= 0.6 is 21.6 Å². The summed E-state index contributed by atoms with van der Waals surface area (Å²) in [6.45, 7) is 0. The average Bonchev–Trinajstić information content (AvgIpc) is 2.07. The van der Waals surface area contributed by atoms with Crippen molar-refractivity contribution in [3.63, 3.8) is 0 Å². The summed E-state index contributed by atoms with van der Waals surface area (Å²) in [4.78, 5) is 4.18. The van der Waals surface area contributed by atoms with E-state index in [0.29, 0.717) is 0 Å². The molecule has 0 atom stereocenters. The van der Waals surface area contributed by atoms with Crippen LogP contribution < -0.4 is 5.32 Å². The maximum atomic E-state index is 4.18. The van der Waals surface area contributed by atoms with Crippen molar-refractivity contribution >= 4 is 21.6 Å². The normalized spacial score (nSPS) is 9.91. The molecule has 0 saturated carbocycles. The average molecular weight is 187 g/mol. The van der Waals surface area contributed by atoms with Gasteiger partial charge in [0.25, 0.3) is 0 Å². The highest BCUT2D eigenvalue weighted by Crippen LogP contribution is 2.26. The first-order chi connectivity index (χ1) is 5.43. The summed E-state index contributed by atoms with van der Waals surface area (Å²) in [5, 5.41) is 3.22.